The summed E-state index contributed by atoms with van der Waals surface area (Å²) in [5, 5.41) is 6.57. The molecule has 53 heavy (non-hydrogen) atoms. The van der Waals surface area contributed by atoms with E-state index < -0.39 is 28.9 Å². The number of halogens is 2. The van der Waals surface area contributed by atoms with Crippen LogP contribution >= 0.6 is 0 Å². The molecule has 2 N–H and O–H groups in total. The Morgan fingerprint density at radius 3 is 2.40 bits per heavy atom. The molecule has 5 heterocycles. The standard InChI is InChI=1S/C40H40F2N8O3/c1-24-19-47(20-25(2)44-24)21-26-6-8-27(9-7-26)28-4-3-5-33(16-28)49-37-34(17-30(42)18-43-37)39(52)50(40(49)53)32-13-11-31(12-14-32)45-38(51)35-23-48-22-29(41)10-15-36(48)46-35/h3-10,15-18,22-25,31-32,44H,11-14,19-21H2,1-2H3,(H,45,51)/t24-,25+,31?,32?. The van der Waals surface area contributed by atoms with Crippen LogP contribution in [-0.2, 0) is 6.54 Å². The van der Waals surface area contributed by atoms with Crippen molar-refractivity contribution in [2.24, 2.45) is 0 Å². The quantitative estimate of drug-likeness (QED) is 0.232. The SMILES string of the molecule is C[C@@H]1CN(Cc2ccc(-c3cccc(-n4c(=O)n(C5CCC(NC(=O)c6cn7cc(F)ccc7n6)CC5)c(=O)c5cc(F)cnc54)c3)cc2)C[C@H](C)N1. The van der Waals surface area contributed by atoms with E-state index in [1.54, 1.807) is 6.07 Å². The summed E-state index contributed by atoms with van der Waals surface area (Å²) >= 11 is 0. The van der Waals surface area contributed by atoms with E-state index in [1.165, 1.54) is 43.6 Å². The number of hydrogen-bond acceptors (Lipinski definition) is 7. The van der Waals surface area contributed by atoms with Gasteiger partial charge in [-0.2, -0.15) is 0 Å². The lowest BCUT2D eigenvalue weighted by atomic mass is 9.90. The Kier molecular flexibility index (Phi) is 9.21. The van der Waals surface area contributed by atoms with Crippen LogP contribution in [0.3, 0.4) is 0 Å². The Labute approximate surface area is 303 Å². The Balaban J connectivity index is 1.04. The molecule has 11 nitrogen and oxygen atoms in total. The number of pyridine rings is 2. The number of fused-ring (bicyclic) bond motifs is 2. The van der Waals surface area contributed by atoms with Crippen molar-refractivity contribution in [3.63, 3.8) is 0 Å². The minimum absolute atomic E-state index is 0.00890. The van der Waals surface area contributed by atoms with Gasteiger partial charge in [0.15, 0.2) is 5.65 Å². The number of carbonyl (C=O) groups excluding carboxylic acids is 1. The third kappa shape index (κ3) is 7.01. The molecule has 4 aromatic heterocycles. The summed E-state index contributed by atoms with van der Waals surface area (Å²) in [7, 11) is 0. The van der Waals surface area contributed by atoms with E-state index in [0.29, 0.717) is 49.1 Å². The normalized spacial score (nSPS) is 20.9. The van der Waals surface area contributed by atoms with E-state index in [9.17, 15) is 23.2 Å². The van der Waals surface area contributed by atoms with Gasteiger partial charge in [-0.15, -0.1) is 0 Å². The molecule has 0 unspecified atom stereocenters. The fourth-order valence-corrected chi connectivity index (χ4v) is 8.00. The first-order valence-electron chi connectivity index (χ1n) is 18.1. The zero-order chi connectivity index (χ0) is 36.8. The smallest absolute Gasteiger partial charge is 0.337 e. The number of rotatable bonds is 7. The average Bonchev–Trinajstić information content (AvgIpc) is 3.56. The number of nitrogens with one attached hydrogen (secondary N) is 2. The molecule has 1 aliphatic heterocycles. The van der Waals surface area contributed by atoms with Crippen molar-refractivity contribution in [3.8, 4) is 16.8 Å². The van der Waals surface area contributed by atoms with Crippen molar-refractivity contribution in [1.82, 2.24) is 39.0 Å². The largest absolute Gasteiger partial charge is 0.348 e. The molecule has 0 spiro atoms. The summed E-state index contributed by atoms with van der Waals surface area (Å²) in [6.45, 7) is 7.25. The molecule has 8 rings (SSSR count). The van der Waals surface area contributed by atoms with E-state index in [0.717, 1.165) is 43.0 Å². The van der Waals surface area contributed by atoms with Crippen LogP contribution < -0.4 is 21.9 Å². The number of hydrogen-bond donors (Lipinski definition) is 2. The summed E-state index contributed by atoms with van der Waals surface area (Å²) in [5.74, 6) is -1.50. The number of piperazine rings is 1. The summed E-state index contributed by atoms with van der Waals surface area (Å²) in [6, 6.07) is 20.0. The first-order chi connectivity index (χ1) is 25.6. The predicted octanol–water partition coefficient (Wildman–Crippen LogP) is 5.24. The number of nitrogens with zero attached hydrogens (tertiary/aromatic N) is 6. The Morgan fingerprint density at radius 2 is 1.64 bits per heavy atom. The lowest BCUT2D eigenvalue weighted by molar-refractivity contribution is 0.0917. The van der Waals surface area contributed by atoms with E-state index in [2.05, 4.69) is 63.6 Å². The predicted molar refractivity (Wildman–Crippen MR) is 198 cm³/mol. The summed E-state index contributed by atoms with van der Waals surface area (Å²) < 4.78 is 32.3. The summed E-state index contributed by atoms with van der Waals surface area (Å²) in [4.78, 5) is 52.2. The van der Waals surface area contributed by atoms with Crippen molar-refractivity contribution in [2.75, 3.05) is 13.1 Å². The molecule has 13 heteroatoms. The van der Waals surface area contributed by atoms with Crippen LogP contribution in [0.25, 0.3) is 33.5 Å². The number of carbonyl (C=O) groups is 1. The minimum Gasteiger partial charge on any atom is -0.348 e. The minimum atomic E-state index is -0.675. The molecule has 6 aromatic rings. The van der Waals surface area contributed by atoms with Gasteiger partial charge in [-0.05, 0) is 86.6 Å². The molecule has 2 atom stereocenters. The average molecular weight is 719 g/mol. The number of aromatic nitrogens is 5. The monoisotopic (exact) mass is 718 g/mol. The van der Waals surface area contributed by atoms with Gasteiger partial charge in [0.25, 0.3) is 11.5 Å². The molecule has 1 amide bonds. The topological polar surface area (TPSA) is 119 Å². The van der Waals surface area contributed by atoms with Crippen LogP contribution in [0.5, 0.6) is 0 Å². The molecule has 0 radical (unpaired) electrons. The van der Waals surface area contributed by atoms with E-state index in [-0.39, 0.29) is 28.7 Å². The second-order valence-corrected chi connectivity index (χ2v) is 14.4. The third-order valence-corrected chi connectivity index (χ3v) is 10.4. The highest BCUT2D eigenvalue weighted by Gasteiger charge is 2.29. The van der Waals surface area contributed by atoms with E-state index in [1.807, 2.05) is 18.2 Å². The van der Waals surface area contributed by atoms with Crippen LogP contribution in [-0.4, -0.2) is 65.5 Å². The maximum atomic E-state index is 14.6. The Morgan fingerprint density at radius 1 is 0.887 bits per heavy atom. The van der Waals surface area contributed by atoms with Crippen LogP contribution in [0.1, 0.15) is 61.6 Å². The first kappa shape index (κ1) is 34.6. The Bertz CT molecular complexity index is 2440. The van der Waals surface area contributed by atoms with Gasteiger partial charge < -0.3 is 15.0 Å². The van der Waals surface area contributed by atoms with Crippen LogP contribution in [0.15, 0.2) is 94.9 Å². The maximum absolute atomic E-state index is 14.6. The highest BCUT2D eigenvalue weighted by molar-refractivity contribution is 5.93. The molecule has 1 saturated heterocycles. The van der Waals surface area contributed by atoms with Gasteiger partial charge in [0.05, 0.1) is 17.3 Å². The van der Waals surface area contributed by atoms with Gasteiger partial charge in [0, 0.05) is 56.2 Å². The van der Waals surface area contributed by atoms with E-state index in [4.69, 9.17) is 0 Å². The van der Waals surface area contributed by atoms with Crippen LogP contribution in [0.2, 0.25) is 0 Å². The number of amides is 1. The van der Waals surface area contributed by atoms with Crippen molar-refractivity contribution in [1.29, 1.82) is 0 Å². The molecule has 2 aromatic carbocycles. The number of imidazole rings is 1. The molecule has 272 valence electrons. The lowest BCUT2D eigenvalue weighted by Crippen LogP contribution is -2.53. The summed E-state index contributed by atoms with van der Waals surface area (Å²) in [6.07, 6.45) is 5.61. The van der Waals surface area contributed by atoms with Gasteiger partial charge in [0.2, 0.25) is 0 Å². The van der Waals surface area contributed by atoms with Gasteiger partial charge in [-0.3, -0.25) is 19.1 Å². The molecular weight excluding hydrogens is 678 g/mol. The lowest BCUT2D eigenvalue weighted by Gasteiger charge is -2.36. The molecule has 2 aliphatic rings. The number of benzene rings is 2. The molecular formula is C40H40F2N8O3. The zero-order valence-corrected chi connectivity index (χ0v) is 29.5. The molecule has 1 aliphatic carbocycles. The first-order valence-corrected chi connectivity index (χ1v) is 18.1. The molecule has 2 fully saturated rings. The van der Waals surface area contributed by atoms with Crippen LogP contribution in [0.4, 0.5) is 8.78 Å². The second-order valence-electron chi connectivity index (χ2n) is 14.4. The van der Waals surface area contributed by atoms with Gasteiger partial charge >= 0.3 is 5.69 Å². The van der Waals surface area contributed by atoms with E-state index >= 15 is 0 Å². The van der Waals surface area contributed by atoms with Crippen molar-refractivity contribution in [2.45, 2.75) is 70.2 Å². The highest BCUT2D eigenvalue weighted by atomic mass is 19.1. The summed E-state index contributed by atoms with van der Waals surface area (Å²) in [5.41, 5.74) is 3.11. The van der Waals surface area contributed by atoms with Gasteiger partial charge in [0.1, 0.15) is 23.0 Å². The van der Waals surface area contributed by atoms with Gasteiger partial charge in [-0.1, -0.05) is 36.4 Å². The van der Waals surface area contributed by atoms with Gasteiger partial charge in [-0.25, -0.2) is 28.1 Å². The molecule has 1 saturated carbocycles. The molecule has 0 bridgehead atoms. The maximum Gasteiger partial charge on any atom is 0.337 e. The van der Waals surface area contributed by atoms with Crippen molar-refractivity contribution in [3.05, 3.63) is 129 Å². The van der Waals surface area contributed by atoms with Crippen molar-refractivity contribution < 1.29 is 13.6 Å². The van der Waals surface area contributed by atoms with Crippen LogP contribution in [0, 0.1) is 11.6 Å². The third-order valence-electron chi connectivity index (χ3n) is 10.4. The van der Waals surface area contributed by atoms with Crippen molar-refractivity contribution >= 4 is 22.6 Å². The fraction of sp³-hybridized carbons (Fsp3) is 0.325. The Hall–Kier alpha value is -5.53. The fourth-order valence-electron chi connectivity index (χ4n) is 8.00. The highest BCUT2D eigenvalue weighted by Crippen LogP contribution is 2.29. The zero-order valence-electron chi connectivity index (χ0n) is 29.5. The second kappa shape index (κ2) is 14.1.